The molecule has 0 radical (unpaired) electrons. The summed E-state index contributed by atoms with van der Waals surface area (Å²) in [5, 5.41) is 27.5. The van der Waals surface area contributed by atoms with Gasteiger partial charge in [0.05, 0.1) is 29.6 Å². The van der Waals surface area contributed by atoms with Crippen molar-refractivity contribution >= 4 is 11.9 Å². The summed E-state index contributed by atoms with van der Waals surface area (Å²) in [5.41, 5.74) is 7.39. The summed E-state index contributed by atoms with van der Waals surface area (Å²) in [6.45, 7) is 13.1. The van der Waals surface area contributed by atoms with E-state index < -0.39 is 5.60 Å². The van der Waals surface area contributed by atoms with Crippen molar-refractivity contribution in [2.45, 2.75) is 130 Å². The molecule has 6 rings (SSSR count). The van der Waals surface area contributed by atoms with Crippen LogP contribution < -0.4 is 5.73 Å². The molecule has 0 bridgehead atoms. The van der Waals surface area contributed by atoms with E-state index in [0.717, 1.165) is 31.7 Å². The third kappa shape index (κ3) is 11.4. The van der Waals surface area contributed by atoms with E-state index in [1.807, 2.05) is 40.7 Å². The first kappa shape index (κ1) is 39.1. The molecule has 4 aliphatic rings. The van der Waals surface area contributed by atoms with Crippen LogP contribution in [-0.4, -0.2) is 92.4 Å². The van der Waals surface area contributed by atoms with Gasteiger partial charge in [0.1, 0.15) is 11.4 Å². The number of para-hydroxylation sites is 1. The number of carbonyl (C=O) groups excluding carboxylic acids is 1. The Bertz CT molecular complexity index is 1340. The van der Waals surface area contributed by atoms with Crippen LogP contribution >= 0.6 is 0 Å². The van der Waals surface area contributed by atoms with E-state index in [2.05, 4.69) is 26.9 Å². The van der Waals surface area contributed by atoms with E-state index in [9.17, 15) is 15.0 Å². The number of hydrogen-bond acceptors (Lipinski definition) is 9. The molecular weight excluding hydrogens is 606 g/mol. The molecule has 10 nitrogen and oxygen atoms in total. The van der Waals surface area contributed by atoms with E-state index >= 15 is 0 Å². The van der Waals surface area contributed by atoms with Crippen molar-refractivity contribution in [3.05, 3.63) is 35.9 Å². The maximum Gasteiger partial charge on any atom is 0.410 e. The van der Waals surface area contributed by atoms with Crippen LogP contribution in [0.5, 0.6) is 5.75 Å². The van der Waals surface area contributed by atoms with Gasteiger partial charge in [0, 0.05) is 43.7 Å². The topological polar surface area (TPSA) is 134 Å². The van der Waals surface area contributed by atoms with Gasteiger partial charge in [0.2, 0.25) is 0 Å². The highest BCUT2D eigenvalue weighted by molar-refractivity contribution is 5.69. The summed E-state index contributed by atoms with van der Waals surface area (Å²) in [7, 11) is 0. The molecule has 2 aromatic rings. The van der Waals surface area contributed by atoms with Crippen molar-refractivity contribution < 1.29 is 24.5 Å². The fraction of sp³-hybridized carbons (Fsp3) is 0.658. The zero-order chi connectivity index (χ0) is 34.0. The molecule has 0 unspecified atom stereocenters. The van der Waals surface area contributed by atoms with E-state index in [1.165, 1.54) is 32.4 Å². The number of aromatic hydroxyl groups is 1. The van der Waals surface area contributed by atoms with Crippen LogP contribution in [-0.2, 0) is 9.47 Å². The summed E-state index contributed by atoms with van der Waals surface area (Å²) in [4.78, 5) is 15.9. The van der Waals surface area contributed by atoms with Gasteiger partial charge in [-0.3, -0.25) is 0 Å². The van der Waals surface area contributed by atoms with Crippen molar-refractivity contribution in [1.82, 2.24) is 20.0 Å². The average molecular weight is 666 g/mol. The van der Waals surface area contributed by atoms with Crippen LogP contribution in [0, 0.1) is 17.8 Å². The van der Waals surface area contributed by atoms with E-state index in [4.69, 9.17) is 15.2 Å². The minimum Gasteiger partial charge on any atom is -0.507 e. The maximum atomic E-state index is 11.5. The Morgan fingerprint density at radius 2 is 1.60 bits per heavy atom. The second kappa shape index (κ2) is 18.4. The standard InChI is InChI=1S/C25H30N4O2.C10H19NO3.C2H6.CH4/c26-25-18(16-23(27-28-25)22-6-1-2-7-24(22)30)9-8-17-14-21(15-17)31-20-10-12-29(13-11-20)19-4-3-5-19;1-10(2,3)14-9(13)11-6-4-8(12)5-7-11;1-2;/h1-2,6-7,16-17,19-21,30H,3-5,10-15H2,(H2,26,28);8,12H,4-7H2,1-3H3;1-2H3;1H4. The average Bonchev–Trinajstić information content (AvgIpc) is 3.00. The highest BCUT2D eigenvalue weighted by atomic mass is 16.6. The molecule has 10 heteroatoms. The second-order valence-electron chi connectivity index (χ2n) is 13.8. The molecule has 0 atom stereocenters. The summed E-state index contributed by atoms with van der Waals surface area (Å²) >= 11 is 0. The highest BCUT2D eigenvalue weighted by Crippen LogP contribution is 2.34. The van der Waals surface area contributed by atoms with Gasteiger partial charge < -0.3 is 35.2 Å². The Kier molecular flexibility index (Phi) is 15.0. The van der Waals surface area contributed by atoms with Gasteiger partial charge in [-0.2, -0.15) is 0 Å². The third-order valence-electron chi connectivity index (χ3n) is 9.08. The molecule has 2 saturated heterocycles. The number of phenolic OH excluding ortho intramolecular Hbond substituents is 1. The fourth-order valence-electron chi connectivity index (χ4n) is 6.07. The Hall–Kier alpha value is -3.39. The molecule has 4 fully saturated rings. The molecule has 48 heavy (non-hydrogen) atoms. The lowest BCUT2D eigenvalue weighted by Gasteiger charge is -2.43. The smallest absolute Gasteiger partial charge is 0.410 e. The van der Waals surface area contributed by atoms with E-state index in [1.54, 1.807) is 29.2 Å². The quantitative estimate of drug-likeness (QED) is 0.308. The van der Waals surface area contributed by atoms with Crippen molar-refractivity contribution in [1.29, 1.82) is 0 Å². The molecule has 2 saturated carbocycles. The largest absolute Gasteiger partial charge is 0.507 e. The summed E-state index contributed by atoms with van der Waals surface area (Å²) in [5.74, 6) is 7.32. The molecule has 1 aromatic heterocycles. The zero-order valence-corrected chi connectivity index (χ0v) is 29.0. The van der Waals surface area contributed by atoms with Crippen LogP contribution in [0.25, 0.3) is 11.3 Å². The maximum absolute atomic E-state index is 11.5. The Morgan fingerprint density at radius 1 is 0.958 bits per heavy atom. The molecule has 266 valence electrons. The monoisotopic (exact) mass is 665 g/mol. The number of amides is 1. The second-order valence-corrected chi connectivity index (χ2v) is 13.8. The Morgan fingerprint density at radius 3 is 2.19 bits per heavy atom. The van der Waals surface area contributed by atoms with Crippen molar-refractivity contribution in [2.75, 3.05) is 31.9 Å². The van der Waals surface area contributed by atoms with Gasteiger partial charge >= 0.3 is 6.09 Å². The predicted molar refractivity (Wildman–Crippen MR) is 191 cm³/mol. The van der Waals surface area contributed by atoms with Crippen LogP contribution in [0.1, 0.15) is 105 Å². The molecule has 2 aliphatic heterocycles. The number of nitrogens with zero attached hydrogens (tertiary/aromatic N) is 4. The first-order valence-corrected chi connectivity index (χ1v) is 17.5. The number of likely N-dealkylation sites (tertiary alicyclic amines) is 2. The number of piperidine rings is 2. The fourth-order valence-corrected chi connectivity index (χ4v) is 6.07. The number of phenols is 1. The molecular formula is C38H59N5O5. The van der Waals surface area contributed by atoms with Crippen molar-refractivity contribution in [3.63, 3.8) is 0 Å². The van der Waals surface area contributed by atoms with E-state index in [-0.39, 0.29) is 25.4 Å². The number of benzene rings is 1. The number of nitrogen functional groups attached to an aromatic ring is 1. The summed E-state index contributed by atoms with van der Waals surface area (Å²) in [6, 6.07) is 9.71. The number of aromatic nitrogens is 2. The van der Waals surface area contributed by atoms with Gasteiger partial charge in [-0.15, -0.1) is 10.2 Å². The number of nitrogens with two attached hydrogens (primary N) is 1. The Labute approximate surface area is 288 Å². The van der Waals surface area contributed by atoms with E-state index in [0.29, 0.717) is 66.7 Å². The SMILES string of the molecule is C.CC.CC(C)(C)OC(=O)N1CCC(O)CC1.Nc1nnc(-c2ccccc2O)cc1C#CC1CC(OC2CCN(C3CCC3)CC2)C1. The van der Waals surface area contributed by atoms with Gasteiger partial charge in [-0.05, 0) is 90.3 Å². The number of rotatable bonds is 4. The first-order chi connectivity index (χ1) is 22.5. The van der Waals surface area contributed by atoms with Gasteiger partial charge in [-0.1, -0.05) is 51.7 Å². The highest BCUT2D eigenvalue weighted by Gasteiger charge is 2.34. The summed E-state index contributed by atoms with van der Waals surface area (Å²) < 4.78 is 11.6. The van der Waals surface area contributed by atoms with Gasteiger partial charge in [-0.25, -0.2) is 4.79 Å². The minimum atomic E-state index is -0.437. The zero-order valence-electron chi connectivity index (χ0n) is 29.0. The molecule has 4 N–H and O–H groups in total. The number of carbonyl (C=O) groups is 1. The molecule has 1 aromatic carbocycles. The van der Waals surface area contributed by atoms with Crippen LogP contribution in [0.3, 0.4) is 0 Å². The molecule has 0 spiro atoms. The van der Waals surface area contributed by atoms with Crippen molar-refractivity contribution in [2.24, 2.45) is 5.92 Å². The number of aliphatic hydroxyl groups is 1. The van der Waals surface area contributed by atoms with Gasteiger partial charge in [0.25, 0.3) is 0 Å². The lowest BCUT2D eigenvalue weighted by molar-refractivity contribution is -0.0902. The summed E-state index contributed by atoms with van der Waals surface area (Å²) in [6.07, 6.45) is 10.0. The Balaban J connectivity index is 0.000000312. The van der Waals surface area contributed by atoms with Crippen LogP contribution in [0.4, 0.5) is 10.6 Å². The number of hydrogen-bond donors (Lipinski definition) is 3. The molecule has 1 amide bonds. The van der Waals surface area contributed by atoms with Gasteiger partial charge in [0.15, 0.2) is 5.82 Å². The number of aliphatic hydroxyl groups excluding tert-OH is 1. The third-order valence-corrected chi connectivity index (χ3v) is 9.08. The van der Waals surface area contributed by atoms with Crippen LogP contribution in [0.15, 0.2) is 30.3 Å². The predicted octanol–water partition coefficient (Wildman–Crippen LogP) is 6.64. The first-order valence-electron chi connectivity index (χ1n) is 17.5. The number of anilines is 1. The minimum absolute atomic E-state index is 0. The normalized spacial score (nSPS) is 21.8. The number of ether oxygens (including phenoxy) is 2. The lowest BCUT2D eigenvalue weighted by atomic mass is 9.82. The van der Waals surface area contributed by atoms with Crippen molar-refractivity contribution in [3.8, 4) is 28.8 Å². The molecule has 3 heterocycles. The molecule has 2 aliphatic carbocycles. The van der Waals surface area contributed by atoms with Crippen LogP contribution in [0.2, 0.25) is 0 Å². The lowest BCUT2D eigenvalue weighted by Crippen LogP contribution is -2.47.